The van der Waals surface area contributed by atoms with E-state index in [2.05, 4.69) is 32.8 Å². The van der Waals surface area contributed by atoms with Gasteiger partial charge in [0.1, 0.15) is 11.4 Å². The Bertz CT molecular complexity index is 1170. The van der Waals surface area contributed by atoms with Gasteiger partial charge in [0.15, 0.2) is 0 Å². The van der Waals surface area contributed by atoms with E-state index in [1.54, 1.807) is 20.0 Å². The number of halogens is 1. The van der Waals surface area contributed by atoms with Crippen molar-refractivity contribution in [1.82, 2.24) is 9.29 Å². The minimum atomic E-state index is -3.93. The monoisotopic (exact) mass is 548 g/mol. The van der Waals surface area contributed by atoms with Crippen molar-refractivity contribution >= 4 is 37.7 Å². The summed E-state index contributed by atoms with van der Waals surface area (Å²) in [6.07, 6.45) is 1.82. The number of aliphatic carboxylic acids is 1. The molecule has 0 saturated carbocycles. The maximum absolute atomic E-state index is 13.2. The lowest BCUT2D eigenvalue weighted by Gasteiger charge is -2.41. The molecule has 1 aliphatic heterocycles. The number of nitrogens with two attached hydrogens (primary N) is 1. The molecular formula is C24H29BrN4O4S. The van der Waals surface area contributed by atoms with Crippen LogP contribution in [0.2, 0.25) is 0 Å². The van der Waals surface area contributed by atoms with Gasteiger partial charge in [-0.25, -0.2) is 13.4 Å². The van der Waals surface area contributed by atoms with E-state index < -0.39 is 32.7 Å². The molecule has 0 aliphatic carbocycles. The Morgan fingerprint density at radius 3 is 2.35 bits per heavy atom. The number of hydrogen-bond donors (Lipinski definition) is 2. The highest BCUT2D eigenvalue weighted by atomic mass is 79.9. The van der Waals surface area contributed by atoms with Gasteiger partial charge in [-0.1, -0.05) is 43.9 Å². The quantitative estimate of drug-likeness (QED) is 0.510. The van der Waals surface area contributed by atoms with Crippen LogP contribution in [-0.2, 0) is 14.8 Å². The minimum absolute atomic E-state index is 0.128. The Morgan fingerprint density at radius 2 is 1.79 bits per heavy atom. The summed E-state index contributed by atoms with van der Waals surface area (Å²) >= 11 is 3.35. The van der Waals surface area contributed by atoms with Crippen molar-refractivity contribution < 1.29 is 18.3 Å². The van der Waals surface area contributed by atoms with E-state index in [0.717, 1.165) is 15.9 Å². The Morgan fingerprint density at radius 1 is 1.15 bits per heavy atom. The second kappa shape index (κ2) is 10.4. The number of benzene rings is 1. The molecule has 3 N–H and O–H groups in total. The number of sulfonamides is 1. The van der Waals surface area contributed by atoms with Crippen LogP contribution < -0.4 is 10.6 Å². The smallest absolute Gasteiger partial charge is 0.325 e. The van der Waals surface area contributed by atoms with Crippen LogP contribution in [0.1, 0.15) is 25.8 Å². The standard InChI is InChI=1S/C24H29BrN4O4S/c1-23(2,12-6-9-19-7-4-3-5-8-19)24(26,22(30)31)18-34(32,33)29-15-13-28(14-16-29)21-11-10-20(25)17-27-21/h3-5,7-8,10-11,17H,12-16,18,26H2,1-2H3,(H,30,31). The lowest BCUT2D eigenvalue weighted by Crippen LogP contribution is -2.64. The van der Waals surface area contributed by atoms with Crippen LogP contribution >= 0.6 is 15.9 Å². The molecule has 2 aromatic rings. The molecule has 3 rings (SSSR count). The third-order valence-electron chi connectivity index (χ3n) is 6.20. The molecule has 0 spiro atoms. The number of piperazine rings is 1. The highest BCUT2D eigenvalue weighted by molar-refractivity contribution is 9.10. The molecule has 1 saturated heterocycles. The normalized spacial score (nSPS) is 16.9. The van der Waals surface area contributed by atoms with Gasteiger partial charge in [0.2, 0.25) is 10.0 Å². The zero-order valence-electron chi connectivity index (χ0n) is 19.2. The van der Waals surface area contributed by atoms with Crippen molar-refractivity contribution in [3.63, 3.8) is 0 Å². The van der Waals surface area contributed by atoms with Crippen molar-refractivity contribution in [3.05, 3.63) is 58.7 Å². The fourth-order valence-corrected chi connectivity index (χ4v) is 5.95. The molecule has 182 valence electrons. The second-order valence-corrected chi connectivity index (χ2v) is 11.9. The van der Waals surface area contributed by atoms with Gasteiger partial charge < -0.3 is 15.7 Å². The van der Waals surface area contributed by atoms with Gasteiger partial charge in [0.05, 0.1) is 5.75 Å². The lowest BCUT2D eigenvalue weighted by molar-refractivity contribution is -0.146. The predicted molar refractivity (Wildman–Crippen MR) is 136 cm³/mol. The molecule has 1 aromatic carbocycles. The van der Waals surface area contributed by atoms with Crippen molar-refractivity contribution in [2.24, 2.45) is 11.1 Å². The first-order chi connectivity index (χ1) is 15.9. The molecule has 0 bridgehead atoms. The summed E-state index contributed by atoms with van der Waals surface area (Å²) in [5.41, 5.74) is 4.01. The molecule has 1 fully saturated rings. The van der Waals surface area contributed by atoms with Gasteiger partial charge in [0, 0.05) is 54.2 Å². The molecule has 34 heavy (non-hydrogen) atoms. The number of hydrogen-bond acceptors (Lipinski definition) is 6. The first-order valence-corrected chi connectivity index (χ1v) is 13.3. The van der Waals surface area contributed by atoms with E-state index >= 15 is 0 Å². The summed E-state index contributed by atoms with van der Waals surface area (Å²) < 4.78 is 28.7. The Kier molecular flexibility index (Phi) is 8.03. The van der Waals surface area contributed by atoms with Gasteiger partial charge >= 0.3 is 5.97 Å². The Hall–Kier alpha value is -2.45. The van der Waals surface area contributed by atoms with Crippen LogP contribution in [0.15, 0.2) is 53.1 Å². The summed E-state index contributed by atoms with van der Waals surface area (Å²) in [5.74, 6) is 4.66. The second-order valence-electron chi connectivity index (χ2n) is 8.98. The number of aromatic nitrogens is 1. The molecule has 2 heterocycles. The van der Waals surface area contributed by atoms with Crippen molar-refractivity contribution in [1.29, 1.82) is 0 Å². The van der Waals surface area contributed by atoms with E-state index in [0.29, 0.717) is 13.1 Å². The van der Waals surface area contributed by atoms with E-state index in [1.807, 2.05) is 47.4 Å². The number of rotatable bonds is 7. The van der Waals surface area contributed by atoms with E-state index in [1.165, 1.54) is 4.31 Å². The van der Waals surface area contributed by atoms with Gasteiger partial charge in [-0.05, 0) is 40.2 Å². The van der Waals surface area contributed by atoms with Gasteiger partial charge in [0.25, 0.3) is 0 Å². The largest absolute Gasteiger partial charge is 0.480 e. The van der Waals surface area contributed by atoms with E-state index in [4.69, 9.17) is 5.73 Å². The van der Waals surface area contributed by atoms with Crippen LogP contribution in [0.3, 0.4) is 0 Å². The molecule has 1 unspecified atom stereocenters. The zero-order chi connectivity index (χ0) is 25.0. The van der Waals surface area contributed by atoms with Crippen molar-refractivity contribution in [2.45, 2.75) is 25.8 Å². The molecular weight excluding hydrogens is 520 g/mol. The lowest BCUT2D eigenvalue weighted by atomic mass is 9.71. The molecule has 1 aliphatic rings. The fraction of sp³-hybridized carbons (Fsp3) is 0.417. The first kappa shape index (κ1) is 26.2. The number of nitrogens with zero attached hydrogens (tertiary/aromatic N) is 3. The molecule has 10 heteroatoms. The Balaban J connectivity index is 1.71. The summed E-state index contributed by atoms with van der Waals surface area (Å²) in [7, 11) is -3.93. The molecule has 1 atom stereocenters. The van der Waals surface area contributed by atoms with Crippen LogP contribution in [0.4, 0.5) is 5.82 Å². The minimum Gasteiger partial charge on any atom is -0.480 e. The highest BCUT2D eigenvalue weighted by Crippen LogP contribution is 2.35. The average molecular weight is 549 g/mol. The maximum atomic E-state index is 13.2. The predicted octanol–water partition coefficient (Wildman–Crippen LogP) is 2.55. The van der Waals surface area contributed by atoms with Crippen LogP contribution in [-0.4, -0.2) is 66.3 Å². The van der Waals surface area contributed by atoms with Crippen LogP contribution in [0, 0.1) is 17.3 Å². The van der Waals surface area contributed by atoms with E-state index in [9.17, 15) is 18.3 Å². The third-order valence-corrected chi connectivity index (χ3v) is 8.65. The first-order valence-electron chi connectivity index (χ1n) is 10.9. The average Bonchev–Trinajstić information content (AvgIpc) is 2.80. The zero-order valence-corrected chi connectivity index (χ0v) is 21.6. The SMILES string of the molecule is CC(C)(CC#Cc1ccccc1)C(N)(CS(=O)(=O)N1CCN(c2ccc(Br)cn2)CC1)C(=O)O. The molecule has 1 aromatic heterocycles. The Labute approximate surface area is 209 Å². The number of carboxylic acids is 1. The van der Waals surface area contributed by atoms with Crippen molar-refractivity contribution in [2.75, 3.05) is 36.8 Å². The summed E-state index contributed by atoms with van der Waals surface area (Å²) in [6.45, 7) is 4.64. The molecule has 0 radical (unpaired) electrons. The molecule has 8 nitrogen and oxygen atoms in total. The van der Waals surface area contributed by atoms with Gasteiger partial charge in [-0.2, -0.15) is 4.31 Å². The summed E-state index contributed by atoms with van der Waals surface area (Å²) in [6, 6.07) is 13.0. The number of pyridine rings is 1. The van der Waals surface area contributed by atoms with Crippen molar-refractivity contribution in [3.8, 4) is 11.8 Å². The highest BCUT2D eigenvalue weighted by Gasteiger charge is 2.52. The fourth-order valence-electron chi connectivity index (χ4n) is 3.72. The number of carbonyl (C=O) groups is 1. The maximum Gasteiger partial charge on any atom is 0.325 e. The van der Waals surface area contributed by atoms with Gasteiger partial charge in [-0.15, -0.1) is 0 Å². The molecule has 0 amide bonds. The van der Waals surface area contributed by atoms with Crippen LogP contribution in [0.5, 0.6) is 0 Å². The summed E-state index contributed by atoms with van der Waals surface area (Å²) in [5, 5.41) is 9.98. The topological polar surface area (TPSA) is 117 Å². The summed E-state index contributed by atoms with van der Waals surface area (Å²) in [4.78, 5) is 18.6. The van der Waals surface area contributed by atoms with Gasteiger partial charge in [-0.3, -0.25) is 4.79 Å². The third kappa shape index (κ3) is 5.96. The number of carboxylic acid groups (broad SMARTS) is 1. The number of anilines is 1. The van der Waals surface area contributed by atoms with Crippen LogP contribution in [0.25, 0.3) is 0 Å². The van der Waals surface area contributed by atoms with E-state index in [-0.39, 0.29) is 19.5 Å².